The summed E-state index contributed by atoms with van der Waals surface area (Å²) in [7, 11) is 0. The molecule has 0 spiro atoms. The van der Waals surface area contributed by atoms with Gasteiger partial charge in [0, 0.05) is 23.8 Å². The summed E-state index contributed by atoms with van der Waals surface area (Å²) in [5, 5.41) is 5.55. The van der Waals surface area contributed by atoms with Crippen molar-refractivity contribution in [2.75, 3.05) is 17.2 Å². The van der Waals surface area contributed by atoms with Crippen LogP contribution in [-0.4, -0.2) is 23.4 Å². The topological polar surface area (TPSA) is 80.3 Å². The van der Waals surface area contributed by atoms with Crippen molar-refractivity contribution in [3.63, 3.8) is 0 Å². The van der Waals surface area contributed by atoms with Gasteiger partial charge < -0.3 is 15.4 Å². The number of carbonyl (C=O) groups excluding carboxylic acids is 2. The van der Waals surface area contributed by atoms with Crippen LogP contribution in [0.1, 0.15) is 21.5 Å². The molecule has 3 aromatic rings. The Kier molecular flexibility index (Phi) is 6.01. The molecule has 6 nitrogen and oxygen atoms in total. The van der Waals surface area contributed by atoms with Crippen molar-refractivity contribution in [2.45, 2.75) is 13.8 Å². The van der Waals surface area contributed by atoms with Crippen LogP contribution >= 0.6 is 0 Å². The first kappa shape index (κ1) is 19.1. The molecule has 0 aliphatic heterocycles. The van der Waals surface area contributed by atoms with Crippen LogP contribution in [0.3, 0.4) is 0 Å². The Morgan fingerprint density at radius 3 is 2.50 bits per heavy atom. The van der Waals surface area contributed by atoms with Crippen LogP contribution in [0, 0.1) is 13.8 Å². The van der Waals surface area contributed by atoms with E-state index in [4.69, 9.17) is 4.74 Å². The van der Waals surface area contributed by atoms with Gasteiger partial charge in [-0.2, -0.15) is 0 Å². The first-order valence-corrected chi connectivity index (χ1v) is 8.82. The second-order valence-electron chi connectivity index (χ2n) is 6.38. The Morgan fingerprint density at radius 1 is 0.964 bits per heavy atom. The van der Waals surface area contributed by atoms with Gasteiger partial charge in [0.1, 0.15) is 5.75 Å². The fourth-order valence-corrected chi connectivity index (χ4v) is 2.58. The highest BCUT2D eigenvalue weighted by Crippen LogP contribution is 2.19. The molecule has 0 bridgehead atoms. The predicted molar refractivity (Wildman–Crippen MR) is 109 cm³/mol. The van der Waals surface area contributed by atoms with Gasteiger partial charge in [-0.05, 0) is 61.4 Å². The van der Waals surface area contributed by atoms with Crippen LogP contribution in [0.2, 0.25) is 0 Å². The lowest BCUT2D eigenvalue weighted by Gasteiger charge is -2.11. The molecule has 0 unspecified atom stereocenters. The van der Waals surface area contributed by atoms with E-state index in [0.29, 0.717) is 22.7 Å². The maximum atomic E-state index is 12.2. The summed E-state index contributed by atoms with van der Waals surface area (Å²) >= 11 is 0. The number of rotatable bonds is 6. The maximum absolute atomic E-state index is 12.2. The standard InChI is InChI=1S/C22H21N3O3/c1-15-8-9-16(2)20(11-15)28-14-21(26)24-18-6-3-7-19(12-18)25-22(27)17-5-4-10-23-13-17/h3-13H,14H2,1-2H3,(H,24,26)(H,25,27). The Bertz CT molecular complexity index is 987. The zero-order chi connectivity index (χ0) is 19.9. The number of ether oxygens (including phenoxy) is 1. The summed E-state index contributed by atoms with van der Waals surface area (Å²) in [4.78, 5) is 28.3. The molecular weight excluding hydrogens is 354 g/mol. The lowest BCUT2D eigenvalue weighted by atomic mass is 10.1. The van der Waals surface area contributed by atoms with E-state index in [1.54, 1.807) is 42.6 Å². The minimum absolute atomic E-state index is 0.101. The summed E-state index contributed by atoms with van der Waals surface area (Å²) in [5.74, 6) is 0.138. The van der Waals surface area contributed by atoms with Crippen molar-refractivity contribution in [1.82, 2.24) is 4.98 Å². The van der Waals surface area contributed by atoms with E-state index in [1.165, 1.54) is 6.20 Å². The summed E-state index contributed by atoms with van der Waals surface area (Å²) in [6, 6.07) is 16.2. The van der Waals surface area contributed by atoms with Crippen molar-refractivity contribution in [3.8, 4) is 5.75 Å². The van der Waals surface area contributed by atoms with Gasteiger partial charge in [0.25, 0.3) is 11.8 Å². The van der Waals surface area contributed by atoms with Crippen molar-refractivity contribution in [1.29, 1.82) is 0 Å². The van der Waals surface area contributed by atoms with Crippen LogP contribution < -0.4 is 15.4 Å². The zero-order valence-electron chi connectivity index (χ0n) is 15.7. The van der Waals surface area contributed by atoms with E-state index in [9.17, 15) is 9.59 Å². The van der Waals surface area contributed by atoms with Crippen LogP contribution in [0.5, 0.6) is 5.75 Å². The van der Waals surface area contributed by atoms with Gasteiger partial charge in [-0.25, -0.2) is 0 Å². The molecule has 1 aromatic heterocycles. The minimum Gasteiger partial charge on any atom is -0.483 e. The first-order chi connectivity index (χ1) is 13.5. The van der Waals surface area contributed by atoms with Crippen molar-refractivity contribution < 1.29 is 14.3 Å². The van der Waals surface area contributed by atoms with E-state index in [2.05, 4.69) is 15.6 Å². The number of pyridine rings is 1. The third kappa shape index (κ3) is 5.17. The summed E-state index contributed by atoms with van der Waals surface area (Å²) in [5.41, 5.74) is 3.64. The summed E-state index contributed by atoms with van der Waals surface area (Å²) in [6.45, 7) is 3.80. The maximum Gasteiger partial charge on any atom is 0.262 e. The smallest absolute Gasteiger partial charge is 0.262 e. The molecule has 28 heavy (non-hydrogen) atoms. The molecule has 0 fully saturated rings. The van der Waals surface area contributed by atoms with Gasteiger partial charge in [-0.15, -0.1) is 0 Å². The highest BCUT2D eigenvalue weighted by Gasteiger charge is 2.09. The number of amides is 2. The molecule has 6 heteroatoms. The molecule has 2 aromatic carbocycles. The fraction of sp³-hybridized carbons (Fsp3) is 0.136. The second kappa shape index (κ2) is 8.81. The average Bonchev–Trinajstić information content (AvgIpc) is 2.69. The van der Waals surface area contributed by atoms with E-state index in [0.717, 1.165) is 11.1 Å². The number of aryl methyl sites for hydroxylation is 2. The van der Waals surface area contributed by atoms with Gasteiger partial charge in [-0.3, -0.25) is 14.6 Å². The van der Waals surface area contributed by atoms with Gasteiger partial charge >= 0.3 is 0 Å². The van der Waals surface area contributed by atoms with E-state index < -0.39 is 0 Å². The Morgan fingerprint density at radius 2 is 1.75 bits per heavy atom. The van der Waals surface area contributed by atoms with E-state index in [-0.39, 0.29) is 18.4 Å². The van der Waals surface area contributed by atoms with Crippen molar-refractivity contribution in [3.05, 3.63) is 83.7 Å². The van der Waals surface area contributed by atoms with Crippen molar-refractivity contribution >= 4 is 23.2 Å². The lowest BCUT2D eigenvalue weighted by molar-refractivity contribution is -0.118. The van der Waals surface area contributed by atoms with Crippen LogP contribution in [0.4, 0.5) is 11.4 Å². The number of carbonyl (C=O) groups is 2. The molecule has 2 N–H and O–H groups in total. The zero-order valence-corrected chi connectivity index (χ0v) is 15.7. The molecule has 142 valence electrons. The lowest BCUT2D eigenvalue weighted by Crippen LogP contribution is -2.20. The van der Waals surface area contributed by atoms with Gasteiger partial charge in [0.2, 0.25) is 0 Å². The molecular formula is C22H21N3O3. The number of nitrogens with zero attached hydrogens (tertiary/aromatic N) is 1. The normalized spacial score (nSPS) is 10.2. The van der Waals surface area contributed by atoms with Crippen LogP contribution in [0.15, 0.2) is 67.0 Å². The SMILES string of the molecule is Cc1ccc(C)c(OCC(=O)Nc2cccc(NC(=O)c3cccnc3)c2)c1. The quantitative estimate of drug-likeness (QED) is 0.683. The van der Waals surface area contributed by atoms with Crippen LogP contribution in [-0.2, 0) is 4.79 Å². The minimum atomic E-state index is -0.281. The summed E-state index contributed by atoms with van der Waals surface area (Å²) in [6.07, 6.45) is 3.10. The van der Waals surface area contributed by atoms with Gasteiger partial charge in [-0.1, -0.05) is 18.2 Å². The summed E-state index contributed by atoms with van der Waals surface area (Å²) < 4.78 is 5.62. The third-order valence-electron chi connectivity index (χ3n) is 4.03. The number of nitrogens with one attached hydrogen (secondary N) is 2. The number of benzene rings is 2. The highest BCUT2D eigenvalue weighted by molar-refractivity contribution is 6.04. The second-order valence-corrected chi connectivity index (χ2v) is 6.38. The molecule has 0 aliphatic carbocycles. The number of aromatic nitrogens is 1. The van der Waals surface area contributed by atoms with Crippen LogP contribution in [0.25, 0.3) is 0 Å². The molecule has 0 aliphatic rings. The number of hydrogen-bond acceptors (Lipinski definition) is 4. The van der Waals surface area contributed by atoms with Gasteiger partial charge in [0.05, 0.1) is 5.56 Å². The van der Waals surface area contributed by atoms with Gasteiger partial charge in [0.15, 0.2) is 6.61 Å². The average molecular weight is 375 g/mol. The molecule has 2 amide bonds. The molecule has 0 atom stereocenters. The predicted octanol–water partition coefficient (Wildman–Crippen LogP) is 3.97. The number of hydrogen-bond donors (Lipinski definition) is 2. The molecule has 0 saturated carbocycles. The Labute approximate surface area is 163 Å². The fourth-order valence-electron chi connectivity index (χ4n) is 2.58. The molecule has 0 radical (unpaired) electrons. The molecule has 1 heterocycles. The van der Waals surface area contributed by atoms with E-state index >= 15 is 0 Å². The van der Waals surface area contributed by atoms with E-state index in [1.807, 2.05) is 32.0 Å². The highest BCUT2D eigenvalue weighted by atomic mass is 16.5. The Hall–Kier alpha value is -3.67. The molecule has 0 saturated heterocycles. The largest absolute Gasteiger partial charge is 0.483 e. The Balaban J connectivity index is 1.58. The molecule has 3 rings (SSSR count). The monoisotopic (exact) mass is 375 g/mol. The first-order valence-electron chi connectivity index (χ1n) is 8.82. The van der Waals surface area contributed by atoms with Crippen molar-refractivity contribution in [2.24, 2.45) is 0 Å². The third-order valence-corrected chi connectivity index (χ3v) is 4.03. The number of anilines is 2.